The third-order valence-electron chi connectivity index (χ3n) is 5.54. The lowest BCUT2D eigenvalue weighted by Crippen LogP contribution is -2.49. The van der Waals surface area contributed by atoms with Crippen molar-refractivity contribution in [3.63, 3.8) is 0 Å². The maximum Gasteiger partial charge on any atom is 0.269 e. The first-order chi connectivity index (χ1) is 17.1. The first-order valence-corrected chi connectivity index (χ1v) is 12.1. The van der Waals surface area contributed by atoms with Gasteiger partial charge in [-0.25, -0.2) is 4.98 Å². The fourth-order valence-electron chi connectivity index (χ4n) is 3.95. The lowest BCUT2D eigenvalue weighted by Gasteiger charge is -2.36. The van der Waals surface area contributed by atoms with Crippen LogP contribution in [0.5, 0.6) is 5.75 Å². The van der Waals surface area contributed by atoms with E-state index in [2.05, 4.69) is 10.3 Å². The van der Waals surface area contributed by atoms with Crippen LogP contribution in [0.25, 0.3) is 0 Å². The predicted octanol–water partition coefficient (Wildman–Crippen LogP) is 4.76. The summed E-state index contributed by atoms with van der Waals surface area (Å²) in [6.07, 6.45) is 1.59. The van der Waals surface area contributed by atoms with E-state index in [0.29, 0.717) is 26.8 Å². The number of amides is 2. The average molecular weight is 507 g/mol. The number of nitro benzene ring substituents is 1. The van der Waals surface area contributed by atoms with Crippen LogP contribution >= 0.6 is 11.8 Å². The number of hydrogen-bond acceptors (Lipinski definition) is 7. The summed E-state index contributed by atoms with van der Waals surface area (Å²) in [4.78, 5) is 45.3. The second-order valence-electron chi connectivity index (χ2n) is 9.36. The molecule has 2 aromatic carbocycles. The zero-order chi connectivity index (χ0) is 26.0. The van der Waals surface area contributed by atoms with Crippen molar-refractivity contribution in [2.45, 2.75) is 48.8 Å². The summed E-state index contributed by atoms with van der Waals surface area (Å²) < 4.78 is 5.24. The van der Waals surface area contributed by atoms with Crippen LogP contribution in [0.15, 0.2) is 70.7 Å². The van der Waals surface area contributed by atoms with Gasteiger partial charge in [0.25, 0.3) is 11.6 Å². The highest BCUT2D eigenvalue weighted by Crippen LogP contribution is 2.42. The van der Waals surface area contributed by atoms with E-state index in [0.717, 1.165) is 5.56 Å². The van der Waals surface area contributed by atoms with E-state index in [4.69, 9.17) is 4.74 Å². The zero-order valence-corrected chi connectivity index (χ0v) is 21.2. The molecule has 2 heterocycles. The van der Waals surface area contributed by atoms with Gasteiger partial charge in [-0.15, -0.1) is 0 Å². The second kappa shape index (κ2) is 9.98. The number of pyridine rings is 1. The summed E-state index contributed by atoms with van der Waals surface area (Å²) in [6.45, 7) is 5.61. The number of non-ortho nitro benzene ring substituents is 1. The van der Waals surface area contributed by atoms with Gasteiger partial charge in [-0.2, -0.15) is 0 Å². The number of methoxy groups -OCH3 is 1. The third kappa shape index (κ3) is 5.33. The summed E-state index contributed by atoms with van der Waals surface area (Å²) in [5, 5.41) is 15.1. The number of nitrogens with zero attached hydrogens (tertiary/aromatic N) is 3. The summed E-state index contributed by atoms with van der Waals surface area (Å²) in [5.41, 5.74) is 0.731. The molecule has 3 aromatic rings. The number of benzene rings is 2. The summed E-state index contributed by atoms with van der Waals surface area (Å²) in [7, 11) is 1.56. The Hall–Kier alpha value is -3.92. The Bertz CT molecular complexity index is 1320. The Morgan fingerprint density at radius 1 is 1.19 bits per heavy atom. The Morgan fingerprint density at radius 3 is 2.56 bits per heavy atom. The van der Waals surface area contributed by atoms with Crippen LogP contribution in [0.4, 0.5) is 5.69 Å². The predicted molar refractivity (Wildman–Crippen MR) is 135 cm³/mol. The number of nitrogens with one attached hydrogen (secondary N) is 1. The van der Waals surface area contributed by atoms with Crippen molar-refractivity contribution < 1.29 is 19.2 Å². The van der Waals surface area contributed by atoms with Crippen LogP contribution in [0.2, 0.25) is 0 Å². The van der Waals surface area contributed by atoms with E-state index < -0.39 is 28.3 Å². The Labute approximate surface area is 213 Å². The molecule has 1 N–H and O–H groups in total. The standard InChI is InChI=1S/C26H26N4O5S/c1-26(2,3)28-23(31)22-20-14-17(30(33)34)9-12-21(20)36-24-19(6-5-13-27-24)25(32)29(22)15-16-7-10-18(35-4)11-8-16/h5-14,22H,15H2,1-4H3,(H,28,31). The molecular formula is C26H26N4O5S. The monoisotopic (exact) mass is 506 g/mol. The number of nitro groups is 1. The van der Waals surface area contributed by atoms with Gasteiger partial charge < -0.3 is 15.0 Å². The molecule has 0 bridgehead atoms. The molecule has 10 heteroatoms. The van der Waals surface area contributed by atoms with Gasteiger partial charge in [-0.1, -0.05) is 23.9 Å². The average Bonchev–Trinajstić information content (AvgIpc) is 2.83. The molecule has 1 atom stereocenters. The molecule has 36 heavy (non-hydrogen) atoms. The van der Waals surface area contributed by atoms with Crippen LogP contribution in [0.1, 0.15) is 48.3 Å². The fraction of sp³-hybridized carbons (Fsp3) is 0.269. The first-order valence-electron chi connectivity index (χ1n) is 11.2. The van der Waals surface area contributed by atoms with Gasteiger partial charge in [0.2, 0.25) is 5.91 Å². The first kappa shape index (κ1) is 25.2. The molecule has 4 rings (SSSR count). The zero-order valence-electron chi connectivity index (χ0n) is 20.3. The van der Waals surface area contributed by atoms with Crippen LogP contribution in [-0.4, -0.2) is 39.3 Å². The van der Waals surface area contributed by atoms with Crippen molar-refractivity contribution in [3.8, 4) is 5.75 Å². The number of rotatable bonds is 5. The molecule has 1 aliphatic heterocycles. The van der Waals surface area contributed by atoms with E-state index in [1.807, 2.05) is 32.9 Å². The normalized spacial score (nSPS) is 15.3. The van der Waals surface area contributed by atoms with Gasteiger partial charge in [0.05, 0.1) is 17.6 Å². The Balaban J connectivity index is 1.93. The number of carbonyl (C=O) groups is 2. The van der Waals surface area contributed by atoms with Gasteiger partial charge in [-0.05, 0) is 56.7 Å². The maximum absolute atomic E-state index is 14.0. The highest BCUT2D eigenvalue weighted by atomic mass is 32.2. The minimum Gasteiger partial charge on any atom is -0.497 e. The van der Waals surface area contributed by atoms with Gasteiger partial charge in [-0.3, -0.25) is 19.7 Å². The van der Waals surface area contributed by atoms with Crippen LogP contribution in [0, 0.1) is 10.1 Å². The quantitative estimate of drug-likeness (QED) is 0.392. The fourth-order valence-corrected chi connectivity index (χ4v) is 4.96. The van der Waals surface area contributed by atoms with E-state index in [1.165, 1.54) is 28.8 Å². The highest BCUT2D eigenvalue weighted by Gasteiger charge is 2.38. The molecule has 186 valence electrons. The van der Waals surface area contributed by atoms with Gasteiger partial charge in [0.1, 0.15) is 16.8 Å². The lowest BCUT2D eigenvalue weighted by atomic mass is 9.99. The topological polar surface area (TPSA) is 115 Å². The number of carbonyl (C=O) groups excluding carboxylic acids is 2. The van der Waals surface area contributed by atoms with Crippen molar-refractivity contribution in [1.82, 2.24) is 15.2 Å². The van der Waals surface area contributed by atoms with Gasteiger partial charge in [0, 0.05) is 40.9 Å². The minimum absolute atomic E-state index is 0.0895. The van der Waals surface area contributed by atoms with E-state index in [-0.39, 0.29) is 12.2 Å². The van der Waals surface area contributed by atoms with E-state index in [9.17, 15) is 19.7 Å². The summed E-state index contributed by atoms with van der Waals surface area (Å²) in [6, 6.07) is 13.8. The van der Waals surface area contributed by atoms with Gasteiger partial charge in [0.15, 0.2) is 0 Å². The molecule has 0 saturated heterocycles. The third-order valence-corrected chi connectivity index (χ3v) is 6.65. The molecule has 9 nitrogen and oxygen atoms in total. The molecule has 0 spiro atoms. The SMILES string of the molecule is COc1ccc(CN2C(=O)c3cccnc3Sc3ccc([N+](=O)[O-])cc3C2C(=O)NC(C)(C)C)cc1. The number of aromatic nitrogens is 1. The largest absolute Gasteiger partial charge is 0.497 e. The van der Waals surface area contributed by atoms with Crippen molar-refractivity contribution in [1.29, 1.82) is 0 Å². The molecule has 2 amide bonds. The van der Waals surface area contributed by atoms with Crippen molar-refractivity contribution in [2.75, 3.05) is 7.11 Å². The Kier molecular flexibility index (Phi) is 6.98. The second-order valence-corrected chi connectivity index (χ2v) is 10.4. The Morgan fingerprint density at radius 2 is 1.92 bits per heavy atom. The highest BCUT2D eigenvalue weighted by molar-refractivity contribution is 7.99. The van der Waals surface area contributed by atoms with Crippen LogP contribution < -0.4 is 10.1 Å². The maximum atomic E-state index is 14.0. The molecule has 1 aromatic heterocycles. The van der Waals surface area contributed by atoms with Crippen molar-refractivity contribution in [3.05, 3.63) is 87.6 Å². The van der Waals surface area contributed by atoms with Crippen LogP contribution in [-0.2, 0) is 11.3 Å². The molecule has 0 aliphatic carbocycles. The van der Waals surface area contributed by atoms with Gasteiger partial charge >= 0.3 is 0 Å². The van der Waals surface area contributed by atoms with E-state index >= 15 is 0 Å². The number of fused-ring (bicyclic) bond motifs is 2. The summed E-state index contributed by atoms with van der Waals surface area (Å²) >= 11 is 1.22. The van der Waals surface area contributed by atoms with Crippen LogP contribution in [0.3, 0.4) is 0 Å². The number of ether oxygens (including phenoxy) is 1. The lowest BCUT2D eigenvalue weighted by molar-refractivity contribution is -0.385. The molecular weight excluding hydrogens is 480 g/mol. The summed E-state index contributed by atoms with van der Waals surface area (Å²) in [5.74, 6) is -0.168. The van der Waals surface area contributed by atoms with E-state index in [1.54, 1.807) is 43.6 Å². The molecule has 0 saturated carbocycles. The number of hydrogen-bond donors (Lipinski definition) is 1. The van der Waals surface area contributed by atoms with Crippen molar-refractivity contribution in [2.24, 2.45) is 0 Å². The van der Waals surface area contributed by atoms with Crippen molar-refractivity contribution >= 4 is 29.3 Å². The smallest absolute Gasteiger partial charge is 0.269 e. The minimum atomic E-state index is -1.12. The molecule has 1 aliphatic rings. The molecule has 0 radical (unpaired) electrons. The molecule has 1 unspecified atom stereocenters. The molecule has 0 fully saturated rings.